The zero-order valence-electron chi connectivity index (χ0n) is 11.5. The first-order chi connectivity index (χ1) is 9.97. The van der Waals surface area contributed by atoms with E-state index in [4.69, 9.17) is 4.74 Å². The van der Waals surface area contributed by atoms with E-state index in [1.807, 2.05) is 0 Å². The van der Waals surface area contributed by atoms with Crippen LogP contribution in [-0.4, -0.2) is 32.2 Å². The predicted octanol–water partition coefficient (Wildman–Crippen LogP) is 3.40. The summed E-state index contributed by atoms with van der Waals surface area (Å²) < 4.78 is 44.2. The third kappa shape index (κ3) is 5.82. The molecule has 0 spiro atoms. The Hall–Kier alpha value is -0.710. The van der Waals surface area contributed by atoms with Crippen LogP contribution in [0.25, 0.3) is 0 Å². The van der Waals surface area contributed by atoms with Crippen molar-refractivity contribution in [3.8, 4) is 5.75 Å². The van der Waals surface area contributed by atoms with E-state index in [1.165, 1.54) is 12.1 Å². The first kappa shape index (κ1) is 19.3. The van der Waals surface area contributed by atoms with E-state index in [1.54, 1.807) is 0 Å². The Labute approximate surface area is 152 Å². The van der Waals surface area contributed by atoms with Crippen molar-refractivity contribution in [3.63, 3.8) is 0 Å². The standard InChI is InChI=1S/C13H15BrF3N3O.HI/c14-9-2-3-11(10(8-9)13(15,16)17)21-7-6-20-12-18-4-1-5-19-12;/h2-3,8H,1,4-7H2,(H2,18,19,20);1H. The number of hydrogen-bond acceptors (Lipinski definition) is 4. The first-order valence-corrected chi connectivity index (χ1v) is 7.28. The highest BCUT2D eigenvalue weighted by molar-refractivity contribution is 14.0. The lowest BCUT2D eigenvalue weighted by Crippen LogP contribution is -2.42. The zero-order chi connectivity index (χ0) is 15.3. The number of hydrogen-bond donors (Lipinski definition) is 2. The Bertz CT molecular complexity index is 526. The van der Waals surface area contributed by atoms with Gasteiger partial charge in [0.05, 0.1) is 12.1 Å². The average Bonchev–Trinajstić information content (AvgIpc) is 2.45. The number of rotatable bonds is 4. The molecule has 0 atom stereocenters. The van der Waals surface area contributed by atoms with Crippen LogP contribution in [0.1, 0.15) is 12.0 Å². The van der Waals surface area contributed by atoms with Gasteiger partial charge in [-0.05, 0) is 24.6 Å². The highest BCUT2D eigenvalue weighted by atomic mass is 127. The van der Waals surface area contributed by atoms with Gasteiger partial charge in [-0.1, -0.05) is 15.9 Å². The summed E-state index contributed by atoms with van der Waals surface area (Å²) in [6.45, 7) is 2.09. The maximum Gasteiger partial charge on any atom is 0.420 e. The summed E-state index contributed by atoms with van der Waals surface area (Å²) in [6, 6.07) is 3.84. The fourth-order valence-corrected chi connectivity index (χ4v) is 2.19. The van der Waals surface area contributed by atoms with Gasteiger partial charge in [-0.15, -0.1) is 24.0 Å². The molecular formula is C13H16BrF3IN3O. The number of aliphatic imine (C=N–C) groups is 1. The Morgan fingerprint density at radius 2 is 2.14 bits per heavy atom. The molecule has 1 aromatic carbocycles. The van der Waals surface area contributed by atoms with Gasteiger partial charge in [-0.3, -0.25) is 4.99 Å². The van der Waals surface area contributed by atoms with Crippen LogP contribution in [0.5, 0.6) is 5.75 Å². The second-order valence-electron chi connectivity index (χ2n) is 4.42. The summed E-state index contributed by atoms with van der Waals surface area (Å²) >= 11 is 3.03. The van der Waals surface area contributed by atoms with Crippen molar-refractivity contribution in [3.05, 3.63) is 28.2 Å². The van der Waals surface area contributed by atoms with Crippen LogP contribution < -0.4 is 15.4 Å². The van der Waals surface area contributed by atoms with E-state index in [0.29, 0.717) is 17.0 Å². The van der Waals surface area contributed by atoms with Crippen molar-refractivity contribution >= 4 is 45.9 Å². The third-order valence-corrected chi connectivity index (χ3v) is 3.29. The molecule has 0 saturated carbocycles. The van der Waals surface area contributed by atoms with Gasteiger partial charge in [0, 0.05) is 17.6 Å². The number of benzene rings is 1. The monoisotopic (exact) mass is 493 g/mol. The van der Waals surface area contributed by atoms with Crippen LogP contribution in [0.15, 0.2) is 27.7 Å². The van der Waals surface area contributed by atoms with E-state index >= 15 is 0 Å². The fraction of sp³-hybridized carbons (Fsp3) is 0.462. The highest BCUT2D eigenvalue weighted by Crippen LogP contribution is 2.37. The lowest BCUT2D eigenvalue weighted by Gasteiger charge is -2.17. The second kappa shape index (κ2) is 8.80. The van der Waals surface area contributed by atoms with Crippen LogP contribution in [-0.2, 0) is 6.18 Å². The van der Waals surface area contributed by atoms with Crippen LogP contribution in [0.2, 0.25) is 0 Å². The maximum absolute atomic E-state index is 12.9. The lowest BCUT2D eigenvalue weighted by molar-refractivity contribution is -0.139. The molecule has 124 valence electrons. The largest absolute Gasteiger partial charge is 0.491 e. The van der Waals surface area contributed by atoms with E-state index < -0.39 is 11.7 Å². The minimum absolute atomic E-state index is 0. The molecule has 0 aromatic heterocycles. The van der Waals surface area contributed by atoms with Crippen molar-refractivity contribution in [1.29, 1.82) is 0 Å². The van der Waals surface area contributed by atoms with Crippen molar-refractivity contribution in [2.24, 2.45) is 4.99 Å². The molecule has 2 N–H and O–H groups in total. The van der Waals surface area contributed by atoms with E-state index in [9.17, 15) is 13.2 Å². The maximum atomic E-state index is 12.9. The summed E-state index contributed by atoms with van der Waals surface area (Å²) in [4.78, 5) is 4.20. The molecule has 9 heteroatoms. The summed E-state index contributed by atoms with van der Waals surface area (Å²) in [5, 5.41) is 6.04. The van der Waals surface area contributed by atoms with Gasteiger partial charge in [0.2, 0.25) is 0 Å². The topological polar surface area (TPSA) is 45.6 Å². The van der Waals surface area contributed by atoms with Gasteiger partial charge in [0.15, 0.2) is 5.96 Å². The fourth-order valence-electron chi connectivity index (χ4n) is 1.83. The van der Waals surface area contributed by atoms with Crippen molar-refractivity contribution < 1.29 is 17.9 Å². The molecular weight excluding hydrogens is 478 g/mol. The number of halogens is 5. The molecule has 0 radical (unpaired) electrons. The molecule has 1 aromatic rings. The van der Waals surface area contributed by atoms with Crippen LogP contribution >= 0.6 is 39.9 Å². The van der Waals surface area contributed by atoms with Crippen molar-refractivity contribution in [2.45, 2.75) is 12.6 Å². The van der Waals surface area contributed by atoms with E-state index in [2.05, 4.69) is 31.6 Å². The molecule has 2 rings (SSSR count). The SMILES string of the molecule is FC(F)(F)c1cc(Br)ccc1OCCNC1=NCCCN1.I. The Kier molecular flexibility index (Phi) is 7.74. The molecule has 0 fully saturated rings. The summed E-state index contributed by atoms with van der Waals surface area (Å²) in [5.41, 5.74) is -0.787. The lowest BCUT2D eigenvalue weighted by atomic mass is 10.2. The smallest absolute Gasteiger partial charge is 0.420 e. The first-order valence-electron chi connectivity index (χ1n) is 6.48. The summed E-state index contributed by atoms with van der Waals surface area (Å²) in [5.74, 6) is 0.489. The number of alkyl halides is 3. The minimum atomic E-state index is -4.44. The molecule has 4 nitrogen and oxygen atoms in total. The van der Waals surface area contributed by atoms with Crippen LogP contribution in [0.4, 0.5) is 13.2 Å². The molecule has 22 heavy (non-hydrogen) atoms. The molecule has 0 saturated heterocycles. The third-order valence-electron chi connectivity index (χ3n) is 2.80. The molecule has 0 aliphatic carbocycles. The van der Waals surface area contributed by atoms with Crippen molar-refractivity contribution in [1.82, 2.24) is 10.6 Å². The quantitative estimate of drug-likeness (QED) is 0.499. The normalized spacial score (nSPS) is 14.5. The van der Waals surface area contributed by atoms with Gasteiger partial charge in [0.1, 0.15) is 12.4 Å². The van der Waals surface area contributed by atoms with Crippen molar-refractivity contribution in [2.75, 3.05) is 26.2 Å². The van der Waals surface area contributed by atoms with Gasteiger partial charge >= 0.3 is 6.18 Å². The Morgan fingerprint density at radius 3 is 2.77 bits per heavy atom. The molecule has 1 heterocycles. The number of guanidine groups is 1. The Balaban J connectivity index is 0.00000242. The van der Waals surface area contributed by atoms with Gasteiger partial charge < -0.3 is 15.4 Å². The van der Waals surface area contributed by atoms with Gasteiger partial charge in [0.25, 0.3) is 0 Å². The van der Waals surface area contributed by atoms with Crippen LogP contribution in [0, 0.1) is 0 Å². The van der Waals surface area contributed by atoms with E-state index in [-0.39, 0.29) is 36.3 Å². The Morgan fingerprint density at radius 1 is 1.36 bits per heavy atom. The summed E-state index contributed by atoms with van der Waals surface area (Å²) in [6.07, 6.45) is -3.46. The molecule has 1 aliphatic heterocycles. The number of nitrogens with one attached hydrogen (secondary N) is 2. The molecule has 1 aliphatic rings. The van der Waals surface area contributed by atoms with Gasteiger partial charge in [-0.25, -0.2) is 0 Å². The second-order valence-corrected chi connectivity index (χ2v) is 5.34. The predicted molar refractivity (Wildman–Crippen MR) is 93.0 cm³/mol. The molecule has 0 unspecified atom stereocenters. The van der Waals surface area contributed by atoms with Gasteiger partial charge in [-0.2, -0.15) is 13.2 Å². The van der Waals surface area contributed by atoms with Crippen LogP contribution in [0.3, 0.4) is 0 Å². The number of nitrogens with zero attached hydrogens (tertiary/aromatic N) is 1. The van der Waals surface area contributed by atoms with E-state index in [0.717, 1.165) is 25.6 Å². The minimum Gasteiger partial charge on any atom is -0.491 e. The molecule has 0 amide bonds. The zero-order valence-corrected chi connectivity index (χ0v) is 15.5. The summed E-state index contributed by atoms with van der Waals surface area (Å²) in [7, 11) is 0. The highest BCUT2D eigenvalue weighted by Gasteiger charge is 2.34. The average molecular weight is 494 g/mol. The molecule has 0 bridgehead atoms. The number of ether oxygens (including phenoxy) is 1.